The van der Waals surface area contributed by atoms with Crippen LogP contribution in [0.5, 0.6) is 0 Å². The van der Waals surface area contributed by atoms with Gasteiger partial charge < -0.3 is 15.2 Å². The zero-order valence-electron chi connectivity index (χ0n) is 8.81. The summed E-state index contributed by atoms with van der Waals surface area (Å²) in [6.45, 7) is 1.93. The molecule has 80 valence electrons. The van der Waals surface area contributed by atoms with Gasteiger partial charge in [-0.05, 0) is 6.92 Å². The monoisotopic (exact) mass is 224 g/mol. The fraction of sp³-hybridized carbons (Fsp3) is 0.333. The van der Waals surface area contributed by atoms with E-state index in [4.69, 9.17) is 10.3 Å². The van der Waals surface area contributed by atoms with Gasteiger partial charge in [-0.2, -0.15) is 0 Å². The molecule has 0 aliphatic heterocycles. The normalized spacial score (nSPS) is 10.6. The van der Waals surface area contributed by atoms with E-state index in [1.165, 1.54) is 6.20 Å². The van der Waals surface area contributed by atoms with Crippen molar-refractivity contribution in [3.63, 3.8) is 0 Å². The number of rotatable bonds is 2. The Morgan fingerprint density at radius 1 is 1.47 bits per heavy atom. The maximum atomic E-state index is 5.74. The number of hydrogen-bond donors (Lipinski definition) is 1. The molecule has 6 heteroatoms. The van der Waals surface area contributed by atoms with Gasteiger partial charge in [-0.25, -0.2) is 4.98 Å². The van der Waals surface area contributed by atoms with Gasteiger partial charge in [-0.15, -0.1) is 0 Å². The first-order valence-corrected chi connectivity index (χ1v) is 5.26. The lowest BCUT2D eigenvalue weighted by atomic mass is 10.3. The maximum Gasteiger partial charge on any atom is 0.201 e. The molecule has 15 heavy (non-hydrogen) atoms. The fourth-order valence-corrected chi connectivity index (χ4v) is 2.19. The van der Waals surface area contributed by atoms with Crippen molar-refractivity contribution >= 4 is 22.2 Å². The molecule has 0 saturated carbocycles. The van der Waals surface area contributed by atoms with Crippen molar-refractivity contribution in [1.29, 1.82) is 0 Å². The van der Waals surface area contributed by atoms with E-state index >= 15 is 0 Å². The summed E-state index contributed by atoms with van der Waals surface area (Å²) in [7, 11) is 3.90. The van der Waals surface area contributed by atoms with Gasteiger partial charge in [0.05, 0.1) is 16.8 Å². The Labute approximate surface area is 91.5 Å². The molecule has 0 aliphatic rings. The molecule has 2 heterocycles. The number of hydrogen-bond acceptors (Lipinski definition) is 6. The van der Waals surface area contributed by atoms with Gasteiger partial charge in [0.1, 0.15) is 5.69 Å². The fourth-order valence-electron chi connectivity index (χ4n) is 1.20. The molecule has 0 aliphatic carbocycles. The highest BCUT2D eigenvalue weighted by atomic mass is 32.1. The Balaban J connectivity index is 2.50. The van der Waals surface area contributed by atoms with E-state index in [1.807, 2.05) is 25.9 Å². The van der Waals surface area contributed by atoms with Gasteiger partial charge in [0.15, 0.2) is 5.13 Å². The van der Waals surface area contributed by atoms with Crippen molar-refractivity contribution in [1.82, 2.24) is 10.1 Å². The Bertz CT molecular complexity index is 474. The predicted molar refractivity (Wildman–Crippen MR) is 61.1 cm³/mol. The lowest BCUT2D eigenvalue weighted by molar-refractivity contribution is 0.433. The van der Waals surface area contributed by atoms with Gasteiger partial charge in [-0.1, -0.05) is 16.5 Å². The average Bonchev–Trinajstić information content (AvgIpc) is 2.71. The minimum absolute atomic E-state index is 0.548. The maximum absolute atomic E-state index is 5.74. The first kappa shape index (κ1) is 9.97. The zero-order chi connectivity index (χ0) is 11.0. The minimum Gasteiger partial charge on any atom is -0.394 e. The van der Waals surface area contributed by atoms with E-state index in [9.17, 15) is 0 Å². The van der Waals surface area contributed by atoms with Crippen molar-refractivity contribution in [3.05, 3.63) is 11.9 Å². The van der Waals surface area contributed by atoms with Gasteiger partial charge in [0, 0.05) is 14.1 Å². The van der Waals surface area contributed by atoms with Gasteiger partial charge in [0.2, 0.25) is 5.76 Å². The Hall–Kier alpha value is -1.56. The number of aryl methyl sites for hydroxylation is 1. The zero-order valence-corrected chi connectivity index (χ0v) is 9.63. The molecular formula is C9H12N4OS. The van der Waals surface area contributed by atoms with Gasteiger partial charge in [-0.3, -0.25) is 0 Å². The second-order valence-corrected chi connectivity index (χ2v) is 4.39. The average molecular weight is 224 g/mol. The molecule has 5 nitrogen and oxygen atoms in total. The molecule has 0 radical (unpaired) electrons. The molecule has 0 unspecified atom stereocenters. The third-order valence-corrected chi connectivity index (χ3v) is 3.30. The van der Waals surface area contributed by atoms with E-state index in [0.717, 1.165) is 15.7 Å². The second kappa shape index (κ2) is 3.54. The standard InChI is InChI=1S/C9H12N4OS/c1-5-8(7-6(10)4-11-14-7)15-9(12-5)13(2)3/h4H,10H2,1-3H3. The molecule has 2 N–H and O–H groups in total. The van der Waals surface area contributed by atoms with Crippen LogP contribution in [0.25, 0.3) is 10.6 Å². The lowest BCUT2D eigenvalue weighted by Gasteiger charge is -2.04. The summed E-state index contributed by atoms with van der Waals surface area (Å²) >= 11 is 1.54. The van der Waals surface area contributed by atoms with E-state index in [1.54, 1.807) is 11.3 Å². The Kier molecular flexibility index (Phi) is 2.36. The summed E-state index contributed by atoms with van der Waals surface area (Å²) in [6.07, 6.45) is 1.50. The molecule has 2 rings (SSSR count). The number of aromatic nitrogens is 2. The summed E-state index contributed by atoms with van der Waals surface area (Å²) in [5, 5.41) is 4.59. The summed E-state index contributed by atoms with van der Waals surface area (Å²) in [5.74, 6) is 0.609. The van der Waals surface area contributed by atoms with Crippen molar-refractivity contribution in [3.8, 4) is 10.6 Å². The molecule has 0 amide bonds. The van der Waals surface area contributed by atoms with Crippen LogP contribution in [-0.4, -0.2) is 24.2 Å². The quantitative estimate of drug-likeness (QED) is 0.841. The molecular weight excluding hydrogens is 212 g/mol. The largest absolute Gasteiger partial charge is 0.394 e. The van der Waals surface area contributed by atoms with Crippen LogP contribution < -0.4 is 10.6 Å². The molecule has 0 spiro atoms. The summed E-state index contributed by atoms with van der Waals surface area (Å²) < 4.78 is 5.10. The van der Waals surface area contributed by atoms with Crippen LogP contribution >= 0.6 is 11.3 Å². The first-order chi connectivity index (χ1) is 7.09. The number of nitrogens with two attached hydrogens (primary N) is 1. The number of nitrogen functional groups attached to an aromatic ring is 1. The van der Waals surface area contributed by atoms with E-state index < -0.39 is 0 Å². The van der Waals surface area contributed by atoms with Crippen molar-refractivity contribution < 1.29 is 4.52 Å². The third-order valence-electron chi connectivity index (χ3n) is 1.97. The van der Waals surface area contributed by atoms with Crippen molar-refractivity contribution in [2.75, 3.05) is 24.7 Å². The Morgan fingerprint density at radius 3 is 2.67 bits per heavy atom. The third kappa shape index (κ3) is 1.68. The van der Waals surface area contributed by atoms with E-state index in [2.05, 4.69) is 10.1 Å². The van der Waals surface area contributed by atoms with Gasteiger partial charge >= 0.3 is 0 Å². The van der Waals surface area contributed by atoms with E-state index in [-0.39, 0.29) is 0 Å². The van der Waals surface area contributed by atoms with Crippen LogP contribution in [0.4, 0.5) is 10.8 Å². The highest BCUT2D eigenvalue weighted by molar-refractivity contribution is 7.19. The van der Waals surface area contributed by atoms with Crippen LogP contribution in [0, 0.1) is 6.92 Å². The molecule has 0 fully saturated rings. The topological polar surface area (TPSA) is 68.2 Å². The molecule has 0 saturated heterocycles. The smallest absolute Gasteiger partial charge is 0.201 e. The molecule has 0 atom stereocenters. The summed E-state index contributed by atoms with van der Waals surface area (Å²) in [6, 6.07) is 0. The predicted octanol–water partition coefficient (Wildman–Crippen LogP) is 1.75. The summed E-state index contributed by atoms with van der Waals surface area (Å²) in [4.78, 5) is 7.30. The van der Waals surface area contributed by atoms with Crippen LogP contribution in [0.2, 0.25) is 0 Å². The van der Waals surface area contributed by atoms with Crippen LogP contribution in [0.1, 0.15) is 5.69 Å². The van der Waals surface area contributed by atoms with Gasteiger partial charge in [0.25, 0.3) is 0 Å². The van der Waals surface area contributed by atoms with Crippen LogP contribution in [-0.2, 0) is 0 Å². The lowest BCUT2D eigenvalue weighted by Crippen LogP contribution is -2.07. The SMILES string of the molecule is Cc1nc(N(C)C)sc1-c1oncc1N. The highest BCUT2D eigenvalue weighted by Gasteiger charge is 2.16. The van der Waals surface area contributed by atoms with Crippen LogP contribution in [0.15, 0.2) is 10.7 Å². The van der Waals surface area contributed by atoms with Crippen LogP contribution in [0.3, 0.4) is 0 Å². The van der Waals surface area contributed by atoms with Crippen molar-refractivity contribution in [2.45, 2.75) is 6.92 Å². The number of nitrogens with zero attached hydrogens (tertiary/aromatic N) is 3. The molecule has 2 aromatic heterocycles. The molecule has 0 bridgehead atoms. The molecule has 0 aromatic carbocycles. The number of thiazole rings is 1. The number of anilines is 2. The first-order valence-electron chi connectivity index (χ1n) is 4.45. The second-order valence-electron chi connectivity index (χ2n) is 3.42. The van der Waals surface area contributed by atoms with Crippen molar-refractivity contribution in [2.24, 2.45) is 0 Å². The minimum atomic E-state index is 0.548. The Morgan fingerprint density at radius 2 is 2.20 bits per heavy atom. The summed E-state index contributed by atoms with van der Waals surface area (Å²) in [5.41, 5.74) is 7.19. The highest BCUT2D eigenvalue weighted by Crippen LogP contribution is 2.36. The van der Waals surface area contributed by atoms with E-state index in [0.29, 0.717) is 11.4 Å². The molecule has 2 aromatic rings.